The molecule has 1 N–H and O–H groups in total. The normalized spacial score (nSPS) is 21.5. The minimum atomic E-state index is 0.294. The fourth-order valence-corrected chi connectivity index (χ4v) is 2.55. The second kappa shape index (κ2) is 5.74. The molecule has 2 rings (SSSR count). The van der Waals surface area contributed by atoms with Crippen LogP contribution in [0.5, 0.6) is 5.75 Å². The van der Waals surface area contributed by atoms with E-state index in [1.54, 1.807) is 0 Å². The van der Waals surface area contributed by atoms with E-state index in [0.29, 0.717) is 12.0 Å². The molecular formula is C14H20ClNO. The molecule has 1 aromatic rings. The molecule has 1 unspecified atom stereocenters. The summed E-state index contributed by atoms with van der Waals surface area (Å²) in [5.74, 6) is 1.55. The average Bonchev–Trinajstić information content (AvgIpc) is 2.85. The molecule has 1 saturated heterocycles. The first-order valence-corrected chi connectivity index (χ1v) is 6.72. The highest BCUT2D eigenvalue weighted by Gasteiger charge is 2.25. The molecule has 0 spiro atoms. The lowest BCUT2D eigenvalue weighted by atomic mass is 9.99. The van der Waals surface area contributed by atoms with Crippen molar-refractivity contribution in [3.63, 3.8) is 0 Å². The van der Waals surface area contributed by atoms with E-state index < -0.39 is 0 Å². The monoisotopic (exact) mass is 253 g/mol. The van der Waals surface area contributed by atoms with E-state index in [1.165, 1.54) is 6.42 Å². The summed E-state index contributed by atoms with van der Waals surface area (Å²) in [7, 11) is 0. The summed E-state index contributed by atoms with van der Waals surface area (Å²) in [5.41, 5.74) is 1.04. The number of halogens is 1. The first-order chi connectivity index (χ1) is 8.22. The molecule has 1 aliphatic rings. The Labute approximate surface area is 108 Å². The number of rotatable bonds is 4. The number of hydrogen-bond acceptors (Lipinski definition) is 2. The molecule has 1 aliphatic heterocycles. The van der Waals surface area contributed by atoms with E-state index in [0.717, 1.165) is 35.8 Å². The summed E-state index contributed by atoms with van der Waals surface area (Å²) in [6.45, 7) is 6.37. The Morgan fingerprint density at radius 2 is 2.35 bits per heavy atom. The summed E-state index contributed by atoms with van der Waals surface area (Å²) in [6.07, 6.45) is 2.54. The number of nitrogens with one attached hydrogen (secondary N) is 1. The van der Waals surface area contributed by atoms with Gasteiger partial charge in [0.2, 0.25) is 0 Å². The molecule has 3 heteroatoms. The maximum Gasteiger partial charge on any atom is 0.124 e. The highest BCUT2D eigenvalue weighted by atomic mass is 35.5. The third-order valence-electron chi connectivity index (χ3n) is 3.52. The van der Waals surface area contributed by atoms with Gasteiger partial charge in [-0.2, -0.15) is 0 Å². The van der Waals surface area contributed by atoms with Crippen molar-refractivity contribution < 1.29 is 4.74 Å². The van der Waals surface area contributed by atoms with Gasteiger partial charge in [0.25, 0.3) is 0 Å². The minimum Gasteiger partial charge on any atom is -0.490 e. The van der Waals surface area contributed by atoms with E-state index in [9.17, 15) is 0 Å². The van der Waals surface area contributed by atoms with E-state index in [4.69, 9.17) is 16.3 Å². The predicted molar refractivity (Wildman–Crippen MR) is 71.9 cm³/mol. The highest BCUT2D eigenvalue weighted by molar-refractivity contribution is 6.31. The molecule has 94 valence electrons. The van der Waals surface area contributed by atoms with Gasteiger partial charge in [0.1, 0.15) is 11.9 Å². The van der Waals surface area contributed by atoms with Gasteiger partial charge in [-0.15, -0.1) is 0 Å². The van der Waals surface area contributed by atoms with Crippen LogP contribution in [0, 0.1) is 12.8 Å². The molecule has 0 aromatic heterocycles. The zero-order valence-electron chi connectivity index (χ0n) is 10.5. The van der Waals surface area contributed by atoms with Crippen molar-refractivity contribution >= 4 is 11.6 Å². The fourth-order valence-electron chi connectivity index (χ4n) is 2.39. The van der Waals surface area contributed by atoms with Crippen LogP contribution in [0.15, 0.2) is 18.2 Å². The Morgan fingerprint density at radius 1 is 1.53 bits per heavy atom. The zero-order chi connectivity index (χ0) is 12.3. The van der Waals surface area contributed by atoms with E-state index >= 15 is 0 Å². The number of hydrogen-bond donors (Lipinski definition) is 1. The van der Waals surface area contributed by atoms with Crippen molar-refractivity contribution in [3.8, 4) is 5.75 Å². The van der Waals surface area contributed by atoms with Crippen molar-refractivity contribution in [1.29, 1.82) is 0 Å². The van der Waals surface area contributed by atoms with Crippen molar-refractivity contribution in [1.82, 2.24) is 5.32 Å². The van der Waals surface area contributed by atoms with Gasteiger partial charge < -0.3 is 10.1 Å². The second-order valence-corrected chi connectivity index (χ2v) is 5.09. The van der Waals surface area contributed by atoms with Crippen LogP contribution in [-0.2, 0) is 0 Å². The first-order valence-electron chi connectivity index (χ1n) is 6.35. The van der Waals surface area contributed by atoms with Gasteiger partial charge in [-0.3, -0.25) is 0 Å². The maximum atomic E-state index is 6.13. The maximum absolute atomic E-state index is 6.13. The van der Waals surface area contributed by atoms with Crippen LogP contribution in [0.3, 0.4) is 0 Å². The molecule has 0 radical (unpaired) electrons. The smallest absolute Gasteiger partial charge is 0.124 e. The third-order valence-corrected chi connectivity index (χ3v) is 3.93. The Balaban J connectivity index is 2.09. The summed E-state index contributed by atoms with van der Waals surface area (Å²) in [6, 6.07) is 5.86. The lowest BCUT2D eigenvalue weighted by Crippen LogP contribution is -2.28. The van der Waals surface area contributed by atoms with Crippen LogP contribution < -0.4 is 10.1 Å². The Morgan fingerprint density at radius 3 is 3.00 bits per heavy atom. The third kappa shape index (κ3) is 2.93. The van der Waals surface area contributed by atoms with Crippen molar-refractivity contribution in [2.75, 3.05) is 13.1 Å². The largest absolute Gasteiger partial charge is 0.490 e. The number of benzene rings is 1. The topological polar surface area (TPSA) is 21.3 Å². The summed E-state index contributed by atoms with van der Waals surface area (Å²) in [5, 5.41) is 4.17. The Hall–Kier alpha value is -0.730. The molecule has 2 nitrogen and oxygen atoms in total. The predicted octanol–water partition coefficient (Wildman–Crippen LogP) is 3.42. The van der Waals surface area contributed by atoms with Gasteiger partial charge in [0.15, 0.2) is 0 Å². The van der Waals surface area contributed by atoms with Gasteiger partial charge in [0, 0.05) is 23.0 Å². The van der Waals surface area contributed by atoms with E-state index in [2.05, 4.69) is 12.2 Å². The SMILES string of the molecule is CC[C@@H](Oc1cccc(Cl)c1C)C1CCNC1. The molecule has 0 bridgehead atoms. The highest BCUT2D eigenvalue weighted by Crippen LogP contribution is 2.28. The van der Waals surface area contributed by atoms with Crippen LogP contribution in [0.4, 0.5) is 0 Å². The van der Waals surface area contributed by atoms with Gasteiger partial charge >= 0.3 is 0 Å². The summed E-state index contributed by atoms with van der Waals surface area (Å²) < 4.78 is 6.13. The van der Waals surface area contributed by atoms with Crippen molar-refractivity contribution in [2.24, 2.45) is 5.92 Å². The molecule has 1 heterocycles. The average molecular weight is 254 g/mol. The van der Waals surface area contributed by atoms with Gasteiger partial charge in [-0.1, -0.05) is 24.6 Å². The second-order valence-electron chi connectivity index (χ2n) is 4.68. The Kier molecular flexibility index (Phi) is 4.30. The quantitative estimate of drug-likeness (QED) is 0.888. The standard InChI is InChI=1S/C14H20ClNO/c1-3-13(11-7-8-16-9-11)17-14-6-4-5-12(15)10(14)2/h4-6,11,13,16H,3,7-9H2,1-2H3/t11?,13-/m1/s1. The number of ether oxygens (including phenoxy) is 1. The van der Waals surface area contributed by atoms with Crippen molar-refractivity contribution in [3.05, 3.63) is 28.8 Å². The first kappa shape index (κ1) is 12.7. The van der Waals surface area contributed by atoms with Crippen LogP contribution in [-0.4, -0.2) is 19.2 Å². The molecule has 1 fully saturated rings. The van der Waals surface area contributed by atoms with Crippen molar-refractivity contribution in [2.45, 2.75) is 32.8 Å². The zero-order valence-corrected chi connectivity index (χ0v) is 11.3. The molecule has 0 aliphatic carbocycles. The molecule has 1 aromatic carbocycles. The van der Waals surface area contributed by atoms with Gasteiger partial charge in [-0.25, -0.2) is 0 Å². The lowest BCUT2D eigenvalue weighted by Gasteiger charge is -2.24. The summed E-state index contributed by atoms with van der Waals surface area (Å²) >= 11 is 6.11. The lowest BCUT2D eigenvalue weighted by molar-refractivity contribution is 0.137. The van der Waals surface area contributed by atoms with Crippen LogP contribution >= 0.6 is 11.6 Å². The van der Waals surface area contributed by atoms with Gasteiger partial charge in [-0.05, 0) is 38.4 Å². The van der Waals surface area contributed by atoms with E-state index in [1.807, 2.05) is 25.1 Å². The van der Waals surface area contributed by atoms with E-state index in [-0.39, 0.29) is 0 Å². The Bertz CT molecular complexity index is 374. The molecule has 0 saturated carbocycles. The molecular weight excluding hydrogens is 234 g/mol. The van der Waals surface area contributed by atoms with Crippen LogP contribution in [0.25, 0.3) is 0 Å². The minimum absolute atomic E-state index is 0.294. The summed E-state index contributed by atoms with van der Waals surface area (Å²) in [4.78, 5) is 0. The molecule has 17 heavy (non-hydrogen) atoms. The van der Waals surface area contributed by atoms with Crippen LogP contribution in [0.2, 0.25) is 5.02 Å². The van der Waals surface area contributed by atoms with Gasteiger partial charge in [0.05, 0.1) is 0 Å². The molecule has 2 atom stereocenters. The molecule has 0 amide bonds. The fraction of sp³-hybridized carbons (Fsp3) is 0.571. The van der Waals surface area contributed by atoms with Crippen LogP contribution in [0.1, 0.15) is 25.3 Å².